The Morgan fingerprint density at radius 3 is 2.29 bits per heavy atom. The van der Waals surface area contributed by atoms with E-state index in [1.165, 1.54) is 11.1 Å². The van der Waals surface area contributed by atoms with Crippen LogP contribution in [-0.4, -0.2) is 24.1 Å². The van der Waals surface area contributed by atoms with Crippen LogP contribution in [0.1, 0.15) is 37.4 Å². The van der Waals surface area contributed by atoms with Crippen molar-refractivity contribution in [2.45, 2.75) is 20.4 Å². The van der Waals surface area contributed by atoms with Crippen LogP contribution in [0.2, 0.25) is 0 Å². The second-order valence-electron chi connectivity index (χ2n) is 5.24. The molecule has 3 heteroatoms. The van der Waals surface area contributed by atoms with E-state index >= 15 is 0 Å². The summed E-state index contributed by atoms with van der Waals surface area (Å²) in [4.78, 5) is 25.2. The van der Waals surface area contributed by atoms with Crippen LogP contribution in [0.3, 0.4) is 0 Å². The first kappa shape index (κ1) is 15.0. The Morgan fingerprint density at radius 2 is 1.67 bits per heavy atom. The zero-order chi connectivity index (χ0) is 15.4. The van der Waals surface area contributed by atoms with Crippen molar-refractivity contribution >= 4 is 12.2 Å². The average Bonchev–Trinajstić information content (AvgIpc) is 2.50. The van der Waals surface area contributed by atoms with Crippen LogP contribution in [0.15, 0.2) is 42.5 Å². The third-order valence-electron chi connectivity index (χ3n) is 3.70. The van der Waals surface area contributed by atoms with Gasteiger partial charge in [0.15, 0.2) is 6.29 Å². The van der Waals surface area contributed by atoms with Crippen molar-refractivity contribution in [3.63, 3.8) is 0 Å². The molecule has 21 heavy (non-hydrogen) atoms. The summed E-state index contributed by atoms with van der Waals surface area (Å²) >= 11 is 0. The first-order valence-corrected chi connectivity index (χ1v) is 6.89. The SMILES string of the molecule is Cc1cccc(C)c1CN(C)C(=O)c1ccccc1C=O. The molecule has 0 aliphatic heterocycles. The van der Waals surface area contributed by atoms with Crippen molar-refractivity contribution in [3.8, 4) is 0 Å². The van der Waals surface area contributed by atoms with Gasteiger partial charge in [-0.1, -0.05) is 36.4 Å². The van der Waals surface area contributed by atoms with Gasteiger partial charge in [-0.25, -0.2) is 0 Å². The normalized spacial score (nSPS) is 10.2. The third kappa shape index (κ3) is 3.19. The van der Waals surface area contributed by atoms with Gasteiger partial charge in [0.2, 0.25) is 0 Å². The van der Waals surface area contributed by atoms with Gasteiger partial charge in [0.1, 0.15) is 0 Å². The first-order valence-electron chi connectivity index (χ1n) is 6.89. The largest absolute Gasteiger partial charge is 0.337 e. The average molecular weight is 281 g/mol. The van der Waals surface area contributed by atoms with E-state index in [4.69, 9.17) is 0 Å². The first-order chi connectivity index (χ1) is 10.0. The highest BCUT2D eigenvalue weighted by atomic mass is 16.2. The van der Waals surface area contributed by atoms with Gasteiger partial charge in [0.05, 0.1) is 5.56 Å². The van der Waals surface area contributed by atoms with Crippen molar-refractivity contribution < 1.29 is 9.59 Å². The van der Waals surface area contributed by atoms with Gasteiger partial charge in [-0.2, -0.15) is 0 Å². The maximum atomic E-state index is 12.5. The van der Waals surface area contributed by atoms with E-state index in [0.717, 1.165) is 11.8 Å². The number of nitrogens with zero attached hydrogens (tertiary/aromatic N) is 1. The Bertz CT molecular complexity index is 656. The number of hydrogen-bond acceptors (Lipinski definition) is 2. The summed E-state index contributed by atoms with van der Waals surface area (Å²) < 4.78 is 0. The molecule has 0 fully saturated rings. The molecule has 0 bridgehead atoms. The van der Waals surface area contributed by atoms with E-state index in [1.807, 2.05) is 32.0 Å². The standard InChI is InChI=1S/C18H19NO2/c1-13-7-6-8-14(2)17(13)11-19(3)18(21)16-10-5-4-9-15(16)12-20/h4-10,12H,11H2,1-3H3. The highest BCUT2D eigenvalue weighted by Gasteiger charge is 2.16. The summed E-state index contributed by atoms with van der Waals surface area (Å²) in [7, 11) is 1.76. The monoisotopic (exact) mass is 281 g/mol. The van der Waals surface area contributed by atoms with Crippen LogP contribution in [0.4, 0.5) is 0 Å². The topological polar surface area (TPSA) is 37.4 Å². The fourth-order valence-corrected chi connectivity index (χ4v) is 2.41. The van der Waals surface area contributed by atoms with E-state index in [9.17, 15) is 9.59 Å². The molecule has 2 rings (SSSR count). The maximum Gasteiger partial charge on any atom is 0.254 e. The lowest BCUT2D eigenvalue weighted by Gasteiger charge is -2.20. The van der Waals surface area contributed by atoms with E-state index in [2.05, 4.69) is 0 Å². The van der Waals surface area contributed by atoms with Crippen molar-refractivity contribution in [2.24, 2.45) is 0 Å². The summed E-state index contributed by atoms with van der Waals surface area (Å²) in [6, 6.07) is 13.0. The highest BCUT2D eigenvalue weighted by molar-refractivity contribution is 6.01. The van der Waals surface area contributed by atoms with E-state index < -0.39 is 0 Å². The number of carbonyl (C=O) groups excluding carboxylic acids is 2. The molecule has 0 unspecified atom stereocenters. The number of carbonyl (C=O) groups is 2. The van der Waals surface area contributed by atoms with E-state index in [-0.39, 0.29) is 5.91 Å². The predicted octanol–water partition coefficient (Wildman–Crippen LogP) is 3.39. The van der Waals surface area contributed by atoms with Crippen LogP contribution in [0.5, 0.6) is 0 Å². The lowest BCUT2D eigenvalue weighted by Crippen LogP contribution is -2.27. The number of amides is 1. The van der Waals surface area contributed by atoms with Crippen molar-refractivity contribution in [1.29, 1.82) is 0 Å². The Labute approximate surface area is 125 Å². The zero-order valence-electron chi connectivity index (χ0n) is 12.6. The summed E-state index contributed by atoms with van der Waals surface area (Å²) in [5.74, 6) is -0.139. The molecule has 0 aliphatic rings. The van der Waals surface area contributed by atoms with Crippen LogP contribution in [-0.2, 0) is 6.54 Å². The van der Waals surface area contributed by atoms with Crippen LogP contribution >= 0.6 is 0 Å². The molecule has 0 heterocycles. The quantitative estimate of drug-likeness (QED) is 0.806. The van der Waals surface area contributed by atoms with Gasteiger partial charge in [0.25, 0.3) is 5.91 Å². The molecular formula is C18H19NO2. The minimum Gasteiger partial charge on any atom is -0.337 e. The predicted molar refractivity (Wildman–Crippen MR) is 83.5 cm³/mol. The summed E-state index contributed by atoms with van der Waals surface area (Å²) in [6.45, 7) is 4.62. The molecule has 1 amide bonds. The molecule has 2 aromatic carbocycles. The second-order valence-corrected chi connectivity index (χ2v) is 5.24. The molecule has 3 nitrogen and oxygen atoms in total. The van der Waals surface area contributed by atoms with Crippen molar-refractivity contribution in [1.82, 2.24) is 4.90 Å². The van der Waals surface area contributed by atoms with Gasteiger partial charge in [-0.15, -0.1) is 0 Å². The molecule has 0 saturated carbocycles. The van der Waals surface area contributed by atoms with Gasteiger partial charge < -0.3 is 4.90 Å². The van der Waals surface area contributed by atoms with E-state index in [0.29, 0.717) is 17.7 Å². The fourth-order valence-electron chi connectivity index (χ4n) is 2.41. The van der Waals surface area contributed by atoms with Gasteiger partial charge >= 0.3 is 0 Å². The second kappa shape index (κ2) is 6.35. The molecule has 0 atom stereocenters. The Balaban J connectivity index is 2.26. The maximum absolute atomic E-state index is 12.5. The summed E-state index contributed by atoms with van der Waals surface area (Å²) in [5, 5.41) is 0. The van der Waals surface area contributed by atoms with Crippen LogP contribution in [0, 0.1) is 13.8 Å². The smallest absolute Gasteiger partial charge is 0.254 e. The third-order valence-corrected chi connectivity index (χ3v) is 3.70. The number of hydrogen-bond donors (Lipinski definition) is 0. The van der Waals surface area contributed by atoms with Gasteiger partial charge in [-0.05, 0) is 36.6 Å². The van der Waals surface area contributed by atoms with Crippen molar-refractivity contribution in [3.05, 3.63) is 70.3 Å². The molecule has 0 N–H and O–H groups in total. The molecular weight excluding hydrogens is 262 g/mol. The number of benzene rings is 2. The van der Waals surface area contributed by atoms with Crippen LogP contribution < -0.4 is 0 Å². The van der Waals surface area contributed by atoms with Crippen LogP contribution in [0.25, 0.3) is 0 Å². The highest BCUT2D eigenvalue weighted by Crippen LogP contribution is 2.17. The Hall–Kier alpha value is -2.42. The van der Waals surface area contributed by atoms with Gasteiger partial charge in [-0.3, -0.25) is 9.59 Å². The fraction of sp³-hybridized carbons (Fsp3) is 0.222. The lowest BCUT2D eigenvalue weighted by molar-refractivity contribution is 0.0781. The zero-order valence-corrected chi connectivity index (χ0v) is 12.6. The lowest BCUT2D eigenvalue weighted by atomic mass is 10.0. The molecule has 0 saturated heterocycles. The molecule has 0 aromatic heterocycles. The molecule has 0 aliphatic carbocycles. The summed E-state index contributed by atoms with van der Waals surface area (Å²) in [5.41, 5.74) is 4.35. The summed E-state index contributed by atoms with van der Waals surface area (Å²) in [6.07, 6.45) is 0.722. The van der Waals surface area contributed by atoms with Gasteiger partial charge in [0, 0.05) is 19.2 Å². The number of aryl methyl sites for hydroxylation is 2. The Morgan fingerprint density at radius 1 is 1.05 bits per heavy atom. The van der Waals surface area contributed by atoms with Crippen molar-refractivity contribution in [2.75, 3.05) is 7.05 Å². The molecule has 0 radical (unpaired) electrons. The molecule has 2 aromatic rings. The number of aldehydes is 1. The minimum absolute atomic E-state index is 0.139. The number of rotatable bonds is 4. The minimum atomic E-state index is -0.139. The Kier molecular flexibility index (Phi) is 4.53. The molecule has 108 valence electrons. The van der Waals surface area contributed by atoms with E-state index in [1.54, 1.807) is 36.2 Å². The molecule has 0 spiro atoms.